The molecule has 2 N–H and O–H groups in total. The number of carboxylic acids is 2. The highest BCUT2D eigenvalue weighted by Gasteiger charge is 2.48. The summed E-state index contributed by atoms with van der Waals surface area (Å²) in [5, 5.41) is 15.4. The van der Waals surface area contributed by atoms with Crippen molar-refractivity contribution in [1.29, 1.82) is 0 Å². The lowest BCUT2D eigenvalue weighted by atomic mass is 9.90. The summed E-state index contributed by atoms with van der Waals surface area (Å²) in [4.78, 5) is 50.3. The predicted octanol–water partition coefficient (Wildman–Crippen LogP) is 1.28. The Morgan fingerprint density at radius 1 is 0.917 bits per heavy atom. The first-order chi connectivity index (χ1) is 10.7. The first kappa shape index (κ1) is 21.6. The molecule has 1 aliphatic heterocycles. The number of carboxylic acid groups (broad SMARTS) is 2. The highest BCUT2D eigenvalue weighted by atomic mass is 16.7. The van der Waals surface area contributed by atoms with Crippen LogP contribution in [0.1, 0.15) is 58.8 Å². The van der Waals surface area contributed by atoms with E-state index in [9.17, 15) is 24.0 Å². The number of hydrogen-bond donors (Lipinski definition) is 2. The van der Waals surface area contributed by atoms with E-state index in [1.165, 1.54) is 0 Å². The van der Waals surface area contributed by atoms with E-state index in [0.717, 1.165) is 25.7 Å². The highest BCUT2D eigenvalue weighted by molar-refractivity contribution is 5.93. The van der Waals surface area contributed by atoms with Crippen molar-refractivity contribution in [1.82, 2.24) is 0 Å². The SMILES string of the molecule is C.O=C(O)CC(=O)O.O=C1CC(=O)OC2(CCC2)O1.O=C1CCC1. The summed E-state index contributed by atoms with van der Waals surface area (Å²) in [6.45, 7) is 0. The van der Waals surface area contributed by atoms with Crippen LogP contribution in [0, 0.1) is 0 Å². The van der Waals surface area contributed by atoms with E-state index in [0.29, 0.717) is 18.6 Å². The largest absolute Gasteiger partial charge is 0.481 e. The summed E-state index contributed by atoms with van der Waals surface area (Å²) in [6, 6.07) is 0. The normalized spacial score (nSPS) is 19.4. The van der Waals surface area contributed by atoms with Gasteiger partial charge in [-0.05, 0) is 12.8 Å². The van der Waals surface area contributed by atoms with E-state index < -0.39 is 36.1 Å². The maximum absolute atomic E-state index is 10.8. The molecule has 0 aromatic carbocycles. The standard InChI is InChI=1S/C7H8O4.C4H6O.C3H4O4.CH4/c8-5-4-6(9)11-7(10-5)2-1-3-7;5-4-2-1-3-4;4-2(5)1-3(6)7;/h1-4H2;1-3H2;1H2,(H,4,5)(H,6,7);1H4. The summed E-state index contributed by atoms with van der Waals surface area (Å²) in [5.74, 6) is -3.96. The molecule has 9 nitrogen and oxygen atoms in total. The summed E-state index contributed by atoms with van der Waals surface area (Å²) < 4.78 is 9.80. The molecule has 9 heteroatoms. The first-order valence-corrected chi connectivity index (χ1v) is 7.11. The monoisotopic (exact) mass is 346 g/mol. The highest BCUT2D eigenvalue weighted by Crippen LogP contribution is 2.39. The second-order valence-electron chi connectivity index (χ2n) is 5.25. The molecule has 0 atom stereocenters. The summed E-state index contributed by atoms with van der Waals surface area (Å²) in [7, 11) is 0. The van der Waals surface area contributed by atoms with Crippen molar-refractivity contribution in [2.45, 2.75) is 64.6 Å². The lowest BCUT2D eigenvalue weighted by Crippen LogP contribution is -2.50. The molecule has 0 unspecified atom stereocenters. The Hall–Kier alpha value is -2.45. The van der Waals surface area contributed by atoms with Crippen LogP contribution in [-0.4, -0.2) is 45.7 Å². The number of aliphatic carboxylic acids is 2. The van der Waals surface area contributed by atoms with Gasteiger partial charge in [-0.1, -0.05) is 7.43 Å². The third kappa shape index (κ3) is 7.70. The molecule has 0 aromatic heterocycles. The molecule has 0 bridgehead atoms. The number of esters is 2. The minimum atomic E-state index is -1.31. The second kappa shape index (κ2) is 9.64. The minimum Gasteiger partial charge on any atom is -0.481 e. The third-order valence-corrected chi connectivity index (χ3v) is 3.22. The van der Waals surface area contributed by atoms with Gasteiger partial charge < -0.3 is 19.7 Å². The van der Waals surface area contributed by atoms with Crippen molar-refractivity contribution in [3.63, 3.8) is 0 Å². The van der Waals surface area contributed by atoms with Gasteiger partial charge in [0.1, 0.15) is 18.6 Å². The smallest absolute Gasteiger partial charge is 0.320 e. The van der Waals surface area contributed by atoms with E-state index in [2.05, 4.69) is 0 Å². The molecule has 2 saturated carbocycles. The Bertz CT molecular complexity index is 469. The van der Waals surface area contributed by atoms with Crippen molar-refractivity contribution in [3.8, 4) is 0 Å². The van der Waals surface area contributed by atoms with Crippen LogP contribution in [0.3, 0.4) is 0 Å². The zero-order valence-electron chi connectivity index (χ0n) is 12.4. The number of carbonyl (C=O) groups is 5. The topological polar surface area (TPSA) is 144 Å². The van der Waals surface area contributed by atoms with Crippen molar-refractivity contribution in [2.24, 2.45) is 0 Å². The molecular weight excluding hydrogens is 324 g/mol. The molecule has 1 heterocycles. The van der Waals surface area contributed by atoms with E-state index in [1.54, 1.807) is 0 Å². The summed E-state index contributed by atoms with van der Waals surface area (Å²) in [6.07, 6.45) is 4.07. The number of carbonyl (C=O) groups excluding carboxylic acids is 3. The van der Waals surface area contributed by atoms with Crippen LogP contribution in [0.4, 0.5) is 0 Å². The maximum Gasteiger partial charge on any atom is 0.320 e. The van der Waals surface area contributed by atoms with E-state index in [1.807, 2.05) is 0 Å². The second-order valence-corrected chi connectivity index (χ2v) is 5.25. The number of rotatable bonds is 2. The molecule has 0 radical (unpaired) electrons. The molecule has 136 valence electrons. The zero-order valence-corrected chi connectivity index (χ0v) is 12.4. The predicted molar refractivity (Wildman–Crippen MR) is 78.9 cm³/mol. The Labute approximate surface area is 138 Å². The number of ketones is 1. The van der Waals surface area contributed by atoms with E-state index >= 15 is 0 Å². The van der Waals surface area contributed by atoms with Gasteiger partial charge in [0.15, 0.2) is 0 Å². The van der Waals surface area contributed by atoms with Crippen LogP contribution in [0.5, 0.6) is 0 Å². The Morgan fingerprint density at radius 2 is 1.33 bits per heavy atom. The number of ether oxygens (including phenoxy) is 2. The Balaban J connectivity index is 0.000000354. The lowest BCUT2D eigenvalue weighted by Gasteiger charge is -2.41. The van der Waals surface area contributed by atoms with Crippen LogP contribution in [0.15, 0.2) is 0 Å². The van der Waals surface area contributed by atoms with Crippen LogP contribution < -0.4 is 0 Å². The van der Waals surface area contributed by atoms with Crippen molar-refractivity contribution in [2.75, 3.05) is 0 Å². The Morgan fingerprint density at radius 3 is 1.50 bits per heavy atom. The van der Waals surface area contributed by atoms with Gasteiger partial charge in [-0.15, -0.1) is 0 Å². The molecule has 3 fully saturated rings. The first-order valence-electron chi connectivity index (χ1n) is 7.11. The van der Waals surface area contributed by atoms with Crippen LogP contribution in [0.25, 0.3) is 0 Å². The molecule has 0 aromatic rings. The fraction of sp³-hybridized carbons (Fsp3) is 0.667. The number of hydrogen-bond acceptors (Lipinski definition) is 7. The number of Topliss-reactive ketones (excluding diaryl/α,β-unsaturated/α-hetero) is 1. The molecule has 3 aliphatic rings. The van der Waals surface area contributed by atoms with Crippen LogP contribution in [-0.2, 0) is 33.4 Å². The van der Waals surface area contributed by atoms with Crippen LogP contribution in [0.2, 0.25) is 0 Å². The van der Waals surface area contributed by atoms with Gasteiger partial charge in [0.2, 0.25) is 0 Å². The third-order valence-electron chi connectivity index (χ3n) is 3.22. The summed E-state index contributed by atoms with van der Waals surface area (Å²) >= 11 is 0. The Kier molecular flexibility index (Phi) is 8.65. The average Bonchev–Trinajstić information content (AvgIpc) is 2.33. The quantitative estimate of drug-likeness (QED) is 0.557. The average molecular weight is 346 g/mol. The van der Waals surface area contributed by atoms with Gasteiger partial charge in [0.05, 0.1) is 0 Å². The molecular formula is C15H22O9. The molecule has 24 heavy (non-hydrogen) atoms. The molecule has 1 spiro atoms. The molecule has 0 amide bonds. The van der Waals surface area contributed by atoms with Gasteiger partial charge in [-0.25, -0.2) is 0 Å². The van der Waals surface area contributed by atoms with Crippen molar-refractivity contribution < 1.29 is 43.7 Å². The van der Waals surface area contributed by atoms with E-state index in [4.69, 9.17) is 19.7 Å². The molecule has 2 aliphatic carbocycles. The zero-order chi connectivity index (χ0) is 17.5. The van der Waals surface area contributed by atoms with Gasteiger partial charge in [0.25, 0.3) is 5.79 Å². The van der Waals surface area contributed by atoms with E-state index in [-0.39, 0.29) is 13.8 Å². The summed E-state index contributed by atoms with van der Waals surface area (Å²) in [5.41, 5.74) is 0. The van der Waals surface area contributed by atoms with Crippen molar-refractivity contribution in [3.05, 3.63) is 0 Å². The van der Waals surface area contributed by atoms with Crippen molar-refractivity contribution >= 4 is 29.7 Å². The molecule has 3 rings (SSSR count). The minimum absolute atomic E-state index is 0. The van der Waals surface area contributed by atoms with Gasteiger partial charge in [0, 0.05) is 25.7 Å². The molecule has 1 saturated heterocycles. The lowest BCUT2D eigenvalue weighted by molar-refractivity contribution is -0.268. The fourth-order valence-electron chi connectivity index (χ4n) is 1.75. The van der Waals surface area contributed by atoms with Gasteiger partial charge >= 0.3 is 23.9 Å². The van der Waals surface area contributed by atoms with Gasteiger partial charge in [-0.3, -0.25) is 24.0 Å². The maximum atomic E-state index is 10.8. The van der Waals surface area contributed by atoms with Crippen LogP contribution >= 0.6 is 0 Å². The fourth-order valence-corrected chi connectivity index (χ4v) is 1.75. The van der Waals surface area contributed by atoms with Gasteiger partial charge in [-0.2, -0.15) is 0 Å².